The number of rotatable bonds is 1. The molecule has 0 saturated heterocycles. The summed E-state index contributed by atoms with van der Waals surface area (Å²) in [6.07, 6.45) is 0. The first kappa shape index (κ1) is 11.8. The van der Waals surface area contributed by atoms with Crippen LogP contribution in [-0.4, -0.2) is 9.55 Å². The summed E-state index contributed by atoms with van der Waals surface area (Å²) >= 11 is 17.4. The third-order valence-corrected chi connectivity index (χ3v) is 3.75. The van der Waals surface area contributed by atoms with E-state index in [0.717, 1.165) is 16.7 Å². The van der Waals surface area contributed by atoms with Crippen molar-refractivity contribution in [1.29, 1.82) is 0 Å². The van der Waals surface area contributed by atoms with Crippen LogP contribution in [0.3, 0.4) is 0 Å². The zero-order valence-electron chi connectivity index (χ0n) is 9.15. The van der Waals surface area contributed by atoms with Gasteiger partial charge in [0.1, 0.15) is 0 Å². The highest BCUT2D eigenvalue weighted by molar-refractivity contribution is 7.71. The lowest BCUT2D eigenvalue weighted by Gasteiger charge is -2.04. The van der Waals surface area contributed by atoms with Crippen molar-refractivity contribution in [1.82, 2.24) is 9.55 Å². The molecule has 1 heterocycles. The number of hydrogen-bond acceptors (Lipinski definition) is 1. The molecule has 0 aliphatic rings. The average molecular weight is 295 g/mol. The van der Waals surface area contributed by atoms with Crippen LogP contribution in [0.15, 0.2) is 42.5 Å². The maximum absolute atomic E-state index is 6.06. The molecule has 2 nitrogen and oxygen atoms in total. The normalized spacial score (nSPS) is 11.0. The number of aromatic amines is 1. The first-order valence-electron chi connectivity index (χ1n) is 5.32. The molecule has 2 aromatic carbocycles. The molecule has 0 radical (unpaired) electrons. The Morgan fingerprint density at radius 1 is 1.00 bits per heavy atom. The molecule has 90 valence electrons. The fourth-order valence-electron chi connectivity index (χ4n) is 1.94. The van der Waals surface area contributed by atoms with E-state index in [0.29, 0.717) is 14.8 Å². The molecule has 3 aromatic rings. The Morgan fingerprint density at radius 3 is 2.39 bits per heavy atom. The van der Waals surface area contributed by atoms with E-state index >= 15 is 0 Å². The number of H-pyrrole nitrogens is 1. The number of benzene rings is 2. The molecular formula is C13H8Cl2N2S. The predicted molar refractivity (Wildman–Crippen MR) is 78.5 cm³/mol. The minimum absolute atomic E-state index is 0.514. The van der Waals surface area contributed by atoms with Crippen molar-refractivity contribution in [3.63, 3.8) is 0 Å². The summed E-state index contributed by atoms with van der Waals surface area (Å²) in [7, 11) is 0. The minimum Gasteiger partial charge on any atom is -0.330 e. The number of nitrogens with zero attached hydrogens (tertiary/aromatic N) is 1. The van der Waals surface area contributed by atoms with E-state index in [1.54, 1.807) is 6.07 Å². The van der Waals surface area contributed by atoms with Crippen molar-refractivity contribution in [2.75, 3.05) is 0 Å². The summed E-state index contributed by atoms with van der Waals surface area (Å²) in [6.45, 7) is 0. The molecule has 0 saturated carbocycles. The van der Waals surface area contributed by atoms with Crippen molar-refractivity contribution >= 4 is 46.5 Å². The molecule has 0 fully saturated rings. The molecule has 5 heteroatoms. The van der Waals surface area contributed by atoms with Crippen molar-refractivity contribution in [2.24, 2.45) is 0 Å². The summed E-state index contributed by atoms with van der Waals surface area (Å²) in [6, 6.07) is 13.5. The van der Waals surface area contributed by atoms with Crippen molar-refractivity contribution in [2.45, 2.75) is 0 Å². The summed E-state index contributed by atoms with van der Waals surface area (Å²) in [5.74, 6) is 0. The lowest BCUT2D eigenvalue weighted by Crippen LogP contribution is -1.92. The Hall–Kier alpha value is -1.29. The van der Waals surface area contributed by atoms with Crippen LogP contribution in [0, 0.1) is 4.77 Å². The average Bonchev–Trinajstić information content (AvgIpc) is 2.66. The highest BCUT2D eigenvalue weighted by Gasteiger charge is 2.09. The molecule has 0 aliphatic carbocycles. The number of halogens is 2. The van der Waals surface area contributed by atoms with E-state index in [9.17, 15) is 0 Å². The second-order valence-electron chi connectivity index (χ2n) is 3.88. The van der Waals surface area contributed by atoms with E-state index in [1.807, 2.05) is 41.0 Å². The molecule has 0 atom stereocenters. The Kier molecular flexibility index (Phi) is 2.90. The van der Waals surface area contributed by atoms with Crippen LogP contribution in [0.4, 0.5) is 0 Å². The first-order valence-corrected chi connectivity index (χ1v) is 6.48. The first-order chi connectivity index (χ1) is 8.66. The van der Waals surface area contributed by atoms with Gasteiger partial charge < -0.3 is 4.98 Å². The Labute approximate surface area is 119 Å². The molecule has 3 rings (SSSR count). The van der Waals surface area contributed by atoms with Gasteiger partial charge in [-0.1, -0.05) is 41.4 Å². The molecule has 0 aliphatic heterocycles. The van der Waals surface area contributed by atoms with Gasteiger partial charge in [-0.15, -0.1) is 0 Å². The Balaban J connectivity index is 2.40. The van der Waals surface area contributed by atoms with Gasteiger partial charge >= 0.3 is 0 Å². The summed E-state index contributed by atoms with van der Waals surface area (Å²) < 4.78 is 2.56. The Bertz CT molecular complexity index is 775. The van der Waals surface area contributed by atoms with E-state index in [1.165, 1.54) is 0 Å². The third kappa shape index (κ3) is 1.85. The fourth-order valence-corrected chi connectivity index (χ4v) is 2.57. The third-order valence-electron chi connectivity index (χ3n) is 2.74. The van der Waals surface area contributed by atoms with Crippen LogP contribution < -0.4 is 0 Å². The maximum atomic E-state index is 6.06. The zero-order chi connectivity index (χ0) is 12.7. The Morgan fingerprint density at radius 2 is 1.67 bits per heavy atom. The van der Waals surface area contributed by atoms with E-state index in [4.69, 9.17) is 35.4 Å². The predicted octanol–water partition coefficient (Wildman–Crippen LogP) is 4.99. The number of nitrogens with one attached hydrogen (secondary N) is 1. The van der Waals surface area contributed by atoms with Crippen LogP contribution >= 0.6 is 35.4 Å². The number of fused-ring (bicyclic) bond motifs is 1. The summed E-state index contributed by atoms with van der Waals surface area (Å²) in [5, 5.41) is 1.03. The molecular weight excluding hydrogens is 287 g/mol. The molecule has 18 heavy (non-hydrogen) atoms. The van der Waals surface area contributed by atoms with Crippen LogP contribution in [0.2, 0.25) is 10.0 Å². The van der Waals surface area contributed by atoms with Crippen LogP contribution in [0.25, 0.3) is 16.7 Å². The lowest BCUT2D eigenvalue weighted by molar-refractivity contribution is 1.07. The molecule has 0 bridgehead atoms. The standard InChI is InChI=1S/C13H8Cl2N2S/c14-9-6-11-12(7-10(9)15)17(13(18)16-11)8-4-2-1-3-5-8/h1-7H,(H,16,18). The van der Waals surface area contributed by atoms with Gasteiger partial charge in [-0.05, 0) is 36.5 Å². The van der Waals surface area contributed by atoms with Gasteiger partial charge in [0.2, 0.25) is 0 Å². The maximum Gasteiger partial charge on any atom is 0.182 e. The van der Waals surface area contributed by atoms with E-state index in [2.05, 4.69) is 4.98 Å². The van der Waals surface area contributed by atoms with Gasteiger partial charge in [0, 0.05) is 5.69 Å². The van der Waals surface area contributed by atoms with Gasteiger partial charge in [0.05, 0.1) is 21.1 Å². The molecule has 0 unspecified atom stereocenters. The molecule has 1 N–H and O–H groups in total. The highest BCUT2D eigenvalue weighted by atomic mass is 35.5. The second kappa shape index (κ2) is 4.43. The largest absolute Gasteiger partial charge is 0.330 e. The van der Waals surface area contributed by atoms with Gasteiger partial charge in [0.25, 0.3) is 0 Å². The molecule has 0 spiro atoms. The summed E-state index contributed by atoms with van der Waals surface area (Å²) in [4.78, 5) is 3.13. The molecule has 0 amide bonds. The van der Waals surface area contributed by atoms with Gasteiger partial charge in [-0.25, -0.2) is 0 Å². The van der Waals surface area contributed by atoms with Gasteiger partial charge in [-0.2, -0.15) is 0 Å². The smallest absolute Gasteiger partial charge is 0.182 e. The fraction of sp³-hybridized carbons (Fsp3) is 0. The van der Waals surface area contributed by atoms with Gasteiger partial charge in [0.15, 0.2) is 4.77 Å². The quantitative estimate of drug-likeness (QED) is 0.627. The number of hydrogen-bond donors (Lipinski definition) is 1. The monoisotopic (exact) mass is 294 g/mol. The number of aromatic nitrogens is 2. The zero-order valence-corrected chi connectivity index (χ0v) is 11.5. The lowest BCUT2D eigenvalue weighted by atomic mass is 10.3. The van der Waals surface area contributed by atoms with Crippen LogP contribution in [0.5, 0.6) is 0 Å². The summed E-state index contributed by atoms with van der Waals surface area (Å²) in [5.41, 5.74) is 2.78. The second-order valence-corrected chi connectivity index (χ2v) is 5.09. The van der Waals surface area contributed by atoms with E-state index < -0.39 is 0 Å². The van der Waals surface area contributed by atoms with E-state index in [-0.39, 0.29) is 0 Å². The highest BCUT2D eigenvalue weighted by Crippen LogP contribution is 2.29. The van der Waals surface area contributed by atoms with Crippen LogP contribution in [0.1, 0.15) is 0 Å². The number of para-hydroxylation sites is 1. The van der Waals surface area contributed by atoms with Crippen LogP contribution in [-0.2, 0) is 0 Å². The van der Waals surface area contributed by atoms with Crippen molar-refractivity contribution < 1.29 is 0 Å². The van der Waals surface area contributed by atoms with Crippen molar-refractivity contribution in [3.8, 4) is 5.69 Å². The minimum atomic E-state index is 0.514. The molecule has 1 aromatic heterocycles. The SMILES string of the molecule is S=c1[nH]c2cc(Cl)c(Cl)cc2n1-c1ccccc1. The number of imidazole rings is 1. The topological polar surface area (TPSA) is 20.7 Å². The van der Waals surface area contributed by atoms with Crippen molar-refractivity contribution in [3.05, 3.63) is 57.3 Å². The van der Waals surface area contributed by atoms with Gasteiger partial charge in [-0.3, -0.25) is 4.57 Å².